The molecule has 2 aliphatic rings. The third-order valence-corrected chi connectivity index (χ3v) is 7.23. The molecule has 0 aromatic heterocycles. The first-order valence-electron chi connectivity index (χ1n) is 9.52. The number of hydrogen-bond acceptors (Lipinski definition) is 1. The number of nitrogens with zero attached hydrogens (tertiary/aromatic N) is 2. The Balaban J connectivity index is 1.64. The van der Waals surface area contributed by atoms with Gasteiger partial charge in [-0.05, 0) is 52.4 Å². The molecule has 2 nitrogen and oxygen atoms in total. The van der Waals surface area contributed by atoms with Crippen molar-refractivity contribution < 1.29 is 8.97 Å². The van der Waals surface area contributed by atoms with Crippen LogP contribution in [0.25, 0.3) is 0 Å². The zero-order chi connectivity index (χ0) is 15.0. The monoisotopic (exact) mass is 314 g/mol. The zero-order valence-corrected chi connectivity index (χ0v) is 15.4. The van der Waals surface area contributed by atoms with Crippen LogP contribution in [0, 0.1) is 0 Å². The minimum Gasteiger partial charge on any atom is -0.323 e. The summed E-state index contributed by atoms with van der Waals surface area (Å²) in [6.07, 6.45) is 8.82. The van der Waals surface area contributed by atoms with Gasteiger partial charge in [-0.3, -0.25) is 0 Å². The Hall–Kier alpha value is 0.270. The normalized spacial score (nSPS) is 24.9. The maximum absolute atomic E-state index is 2.40. The lowest BCUT2D eigenvalue weighted by Crippen LogP contribution is -2.53. The molecule has 2 rings (SSSR count). The predicted molar refractivity (Wildman–Crippen MR) is 95.8 cm³/mol. The Bertz CT molecular complexity index is 253. The van der Waals surface area contributed by atoms with Crippen molar-refractivity contribution >= 4 is 11.8 Å². The van der Waals surface area contributed by atoms with E-state index in [4.69, 9.17) is 0 Å². The summed E-state index contributed by atoms with van der Waals surface area (Å²) in [4.78, 5) is 0. The number of rotatable bonds is 8. The molecule has 2 saturated heterocycles. The Morgan fingerprint density at radius 3 is 1.33 bits per heavy atom. The summed E-state index contributed by atoms with van der Waals surface area (Å²) in [6, 6.07) is 0. The molecule has 2 heterocycles. The molecule has 0 atom stereocenters. The second-order valence-electron chi connectivity index (χ2n) is 7.39. The second kappa shape index (κ2) is 8.79. The molecule has 0 bridgehead atoms. The number of hydrogen-bond donors (Lipinski definition) is 0. The van der Waals surface area contributed by atoms with Crippen molar-refractivity contribution in [2.24, 2.45) is 0 Å². The van der Waals surface area contributed by atoms with Crippen LogP contribution >= 0.6 is 11.8 Å². The fraction of sp³-hybridized carbons (Fsp3) is 1.00. The highest BCUT2D eigenvalue weighted by Crippen LogP contribution is 2.22. The molecule has 0 N–H and O–H groups in total. The number of thioether (sulfide) groups is 1. The Morgan fingerprint density at radius 1 is 0.619 bits per heavy atom. The van der Waals surface area contributed by atoms with E-state index in [1.807, 2.05) is 0 Å². The van der Waals surface area contributed by atoms with Crippen LogP contribution in [-0.4, -0.2) is 72.8 Å². The molecule has 0 unspecified atom stereocenters. The predicted octanol–water partition coefficient (Wildman–Crippen LogP) is 3.76. The molecule has 0 aromatic carbocycles. The lowest BCUT2D eigenvalue weighted by Gasteiger charge is -2.41. The number of likely N-dealkylation sites (tertiary alicyclic amines) is 2. The van der Waals surface area contributed by atoms with Gasteiger partial charge in [0.2, 0.25) is 0 Å². The van der Waals surface area contributed by atoms with Crippen LogP contribution < -0.4 is 0 Å². The lowest BCUT2D eigenvalue weighted by atomic mass is 10.1. The molecule has 0 amide bonds. The first-order valence-corrected chi connectivity index (χ1v) is 10.7. The minimum atomic E-state index is 1.36. The van der Waals surface area contributed by atoms with E-state index in [1.165, 1.54) is 111 Å². The molecule has 0 saturated carbocycles. The molecule has 0 spiro atoms. The highest BCUT2D eigenvalue weighted by molar-refractivity contribution is 7.99. The number of quaternary nitrogens is 2. The smallest absolute Gasteiger partial charge is 0.0878 e. The van der Waals surface area contributed by atoms with Gasteiger partial charge in [0.15, 0.2) is 0 Å². The van der Waals surface area contributed by atoms with Crippen molar-refractivity contribution in [2.45, 2.75) is 52.4 Å². The largest absolute Gasteiger partial charge is 0.323 e. The molecular weight excluding hydrogens is 276 g/mol. The molecule has 0 radical (unpaired) electrons. The van der Waals surface area contributed by atoms with E-state index in [-0.39, 0.29) is 0 Å². The van der Waals surface area contributed by atoms with Crippen molar-refractivity contribution in [3.05, 3.63) is 0 Å². The van der Waals surface area contributed by atoms with Gasteiger partial charge in [0, 0.05) is 11.5 Å². The molecule has 2 fully saturated rings. The fourth-order valence-corrected chi connectivity index (χ4v) is 5.62. The van der Waals surface area contributed by atoms with Crippen LogP contribution in [0.15, 0.2) is 0 Å². The first-order chi connectivity index (χ1) is 10.2. The van der Waals surface area contributed by atoms with Crippen molar-refractivity contribution in [3.8, 4) is 0 Å². The van der Waals surface area contributed by atoms with Gasteiger partial charge in [0.25, 0.3) is 0 Å². The molecule has 124 valence electrons. The first kappa shape index (κ1) is 17.6. The van der Waals surface area contributed by atoms with Gasteiger partial charge < -0.3 is 8.97 Å². The molecule has 3 heteroatoms. The summed E-state index contributed by atoms with van der Waals surface area (Å²) in [6.45, 7) is 16.2. The minimum absolute atomic E-state index is 1.36. The van der Waals surface area contributed by atoms with Crippen molar-refractivity contribution in [1.82, 2.24) is 0 Å². The Morgan fingerprint density at radius 2 is 1.00 bits per heavy atom. The zero-order valence-electron chi connectivity index (χ0n) is 14.6. The third-order valence-electron chi connectivity index (χ3n) is 6.29. The van der Waals surface area contributed by atoms with Gasteiger partial charge in [-0.1, -0.05) is 0 Å². The van der Waals surface area contributed by atoms with Crippen LogP contribution in [0.4, 0.5) is 0 Å². The summed E-state index contributed by atoms with van der Waals surface area (Å²) in [5.74, 6) is 2.77. The molecule has 2 aliphatic heterocycles. The second-order valence-corrected chi connectivity index (χ2v) is 8.62. The standard InChI is InChI=1S/C18H38N2S/c1-3-19(11-7-5-8-12-19)15-17-21-18-16-20(4-2)13-9-6-10-14-20/h3-18H2,1-2H3/q+2. The van der Waals surface area contributed by atoms with E-state index in [2.05, 4.69) is 25.6 Å². The van der Waals surface area contributed by atoms with E-state index >= 15 is 0 Å². The molecular formula is C18H38N2S+2. The third kappa shape index (κ3) is 5.14. The van der Waals surface area contributed by atoms with E-state index in [0.717, 1.165) is 0 Å². The van der Waals surface area contributed by atoms with Crippen LogP contribution in [0.2, 0.25) is 0 Å². The van der Waals surface area contributed by atoms with E-state index in [0.29, 0.717) is 0 Å². The van der Waals surface area contributed by atoms with Crippen LogP contribution in [-0.2, 0) is 0 Å². The lowest BCUT2D eigenvalue weighted by molar-refractivity contribution is -0.929. The van der Waals surface area contributed by atoms with Crippen molar-refractivity contribution in [3.63, 3.8) is 0 Å². The van der Waals surface area contributed by atoms with Crippen LogP contribution in [0.3, 0.4) is 0 Å². The van der Waals surface area contributed by atoms with Gasteiger partial charge in [0.1, 0.15) is 0 Å². The summed E-state index contributed by atoms with van der Waals surface area (Å²) in [5.41, 5.74) is 0. The topological polar surface area (TPSA) is 0 Å². The maximum Gasteiger partial charge on any atom is 0.0878 e. The maximum atomic E-state index is 2.40. The van der Waals surface area contributed by atoms with E-state index < -0.39 is 0 Å². The Kier molecular flexibility index (Phi) is 7.37. The highest BCUT2D eigenvalue weighted by atomic mass is 32.2. The molecule has 21 heavy (non-hydrogen) atoms. The highest BCUT2D eigenvalue weighted by Gasteiger charge is 2.29. The van der Waals surface area contributed by atoms with Gasteiger partial charge in [-0.2, -0.15) is 11.8 Å². The summed E-state index contributed by atoms with van der Waals surface area (Å²) >= 11 is 2.24. The summed E-state index contributed by atoms with van der Waals surface area (Å²) in [5, 5.41) is 0. The van der Waals surface area contributed by atoms with Gasteiger partial charge in [-0.25, -0.2) is 0 Å². The quantitative estimate of drug-likeness (QED) is 0.485. The van der Waals surface area contributed by atoms with E-state index in [1.54, 1.807) is 0 Å². The molecule has 0 aliphatic carbocycles. The van der Waals surface area contributed by atoms with Gasteiger partial charge >= 0.3 is 0 Å². The average Bonchev–Trinajstić information content (AvgIpc) is 2.56. The van der Waals surface area contributed by atoms with Crippen molar-refractivity contribution in [1.29, 1.82) is 0 Å². The molecule has 0 aromatic rings. The van der Waals surface area contributed by atoms with Gasteiger partial charge in [0.05, 0.1) is 52.4 Å². The fourth-order valence-electron chi connectivity index (χ4n) is 4.38. The van der Waals surface area contributed by atoms with E-state index in [9.17, 15) is 0 Å². The van der Waals surface area contributed by atoms with Crippen LogP contribution in [0.1, 0.15) is 52.4 Å². The van der Waals surface area contributed by atoms with Gasteiger partial charge in [-0.15, -0.1) is 0 Å². The number of piperidine rings is 2. The summed E-state index contributed by atoms with van der Waals surface area (Å²) < 4.78 is 2.83. The average molecular weight is 315 g/mol. The van der Waals surface area contributed by atoms with Crippen molar-refractivity contribution in [2.75, 3.05) is 63.9 Å². The van der Waals surface area contributed by atoms with Crippen LogP contribution in [0.5, 0.6) is 0 Å². The Labute approximate surface area is 137 Å². The SMILES string of the molecule is CC[N+]1(CCSCC[N+]2(CC)CCCCC2)CCCCC1. The summed E-state index contributed by atoms with van der Waals surface area (Å²) in [7, 11) is 0.